The van der Waals surface area contributed by atoms with Gasteiger partial charge in [0, 0.05) is 17.7 Å². The fourth-order valence-electron chi connectivity index (χ4n) is 2.50. The Morgan fingerprint density at radius 3 is 2.62 bits per heavy atom. The summed E-state index contributed by atoms with van der Waals surface area (Å²) >= 11 is 0. The second-order valence-corrected chi connectivity index (χ2v) is 5.21. The monoisotopic (exact) mass is 291 g/mol. The fraction of sp³-hybridized carbons (Fsp3) is 0.438. The van der Waals surface area contributed by atoms with Gasteiger partial charge in [-0.25, -0.2) is 4.39 Å². The molecule has 0 fully saturated rings. The number of aromatic nitrogens is 2. The average molecular weight is 291 g/mol. The molecule has 0 unspecified atom stereocenters. The summed E-state index contributed by atoms with van der Waals surface area (Å²) in [6, 6.07) is 6.41. The number of halogens is 1. The lowest BCUT2D eigenvalue weighted by molar-refractivity contribution is 0.270. The van der Waals surface area contributed by atoms with Crippen LogP contribution in [0.5, 0.6) is 0 Å². The highest BCUT2D eigenvalue weighted by molar-refractivity contribution is 5.63. The highest BCUT2D eigenvalue weighted by Crippen LogP contribution is 2.25. The zero-order valence-corrected chi connectivity index (χ0v) is 12.6. The molecule has 0 radical (unpaired) electrons. The third kappa shape index (κ3) is 3.89. The molecule has 2 aromatic rings. The van der Waals surface area contributed by atoms with Gasteiger partial charge in [-0.2, -0.15) is 5.10 Å². The third-order valence-corrected chi connectivity index (χ3v) is 3.39. The van der Waals surface area contributed by atoms with Gasteiger partial charge in [0.05, 0.1) is 25.0 Å². The molecule has 0 saturated carbocycles. The third-order valence-electron chi connectivity index (χ3n) is 3.39. The van der Waals surface area contributed by atoms with Crippen LogP contribution in [0.3, 0.4) is 0 Å². The van der Waals surface area contributed by atoms with Crippen LogP contribution < -0.4 is 0 Å². The van der Waals surface area contributed by atoms with E-state index < -0.39 is 0 Å². The van der Waals surface area contributed by atoms with Gasteiger partial charge in [-0.05, 0) is 44.3 Å². The quantitative estimate of drug-likeness (QED) is 0.852. The topological polar surface area (TPSA) is 41.3 Å². The van der Waals surface area contributed by atoms with E-state index in [0.29, 0.717) is 6.54 Å². The van der Waals surface area contributed by atoms with Gasteiger partial charge in [0.25, 0.3) is 0 Å². The van der Waals surface area contributed by atoms with Crippen molar-refractivity contribution < 1.29 is 9.50 Å². The maximum absolute atomic E-state index is 13.1. The molecular weight excluding hydrogens is 269 g/mol. The fourth-order valence-corrected chi connectivity index (χ4v) is 2.50. The Bertz CT molecular complexity index is 565. The summed E-state index contributed by atoms with van der Waals surface area (Å²) in [5.41, 5.74) is 2.96. The molecule has 0 bridgehead atoms. The molecule has 1 heterocycles. The number of benzene rings is 1. The van der Waals surface area contributed by atoms with Crippen LogP contribution in [0.25, 0.3) is 11.3 Å². The van der Waals surface area contributed by atoms with Crippen molar-refractivity contribution in [1.29, 1.82) is 0 Å². The van der Waals surface area contributed by atoms with E-state index in [-0.39, 0.29) is 12.4 Å². The molecule has 0 aliphatic carbocycles. The zero-order valence-electron chi connectivity index (χ0n) is 12.6. The summed E-state index contributed by atoms with van der Waals surface area (Å²) in [6.07, 6.45) is 2.92. The average Bonchev–Trinajstić information content (AvgIpc) is 2.83. The molecule has 0 amide bonds. The van der Waals surface area contributed by atoms with Crippen molar-refractivity contribution in [3.05, 3.63) is 41.8 Å². The molecule has 2 rings (SSSR count). The first-order valence-corrected chi connectivity index (χ1v) is 7.25. The maximum atomic E-state index is 13.1. The van der Waals surface area contributed by atoms with Crippen LogP contribution in [0.2, 0.25) is 0 Å². The largest absolute Gasteiger partial charge is 0.394 e. The molecule has 1 aromatic carbocycles. The number of nitrogens with zero attached hydrogens (tertiary/aromatic N) is 3. The van der Waals surface area contributed by atoms with Crippen molar-refractivity contribution in [2.24, 2.45) is 0 Å². The summed E-state index contributed by atoms with van der Waals surface area (Å²) in [5, 5.41) is 13.5. The van der Waals surface area contributed by atoms with Crippen LogP contribution in [0.15, 0.2) is 30.5 Å². The first-order chi connectivity index (χ1) is 10.2. The minimum atomic E-state index is -0.253. The molecule has 1 aromatic heterocycles. The Labute approximate surface area is 124 Å². The number of aliphatic hydroxyl groups excluding tert-OH is 1. The minimum Gasteiger partial charge on any atom is -0.394 e. The van der Waals surface area contributed by atoms with E-state index in [1.807, 2.05) is 6.20 Å². The Morgan fingerprint density at radius 1 is 1.29 bits per heavy atom. The molecule has 114 valence electrons. The highest BCUT2D eigenvalue weighted by atomic mass is 19.1. The van der Waals surface area contributed by atoms with Crippen molar-refractivity contribution in [1.82, 2.24) is 14.7 Å². The Kier molecular flexibility index (Phi) is 5.47. The molecule has 0 spiro atoms. The van der Waals surface area contributed by atoms with Crippen LogP contribution >= 0.6 is 0 Å². The van der Waals surface area contributed by atoms with Gasteiger partial charge >= 0.3 is 0 Å². The molecule has 1 N–H and O–H groups in total. The first-order valence-electron chi connectivity index (χ1n) is 7.25. The van der Waals surface area contributed by atoms with E-state index in [4.69, 9.17) is 0 Å². The standard InChI is InChI=1S/C16H22FN3O/c1-3-8-19(2)12-14-11-18-20(9-10-21)16(14)13-4-6-15(17)7-5-13/h4-7,11,21H,3,8-10,12H2,1-2H3. The lowest BCUT2D eigenvalue weighted by Crippen LogP contribution is -2.18. The van der Waals surface area contributed by atoms with Gasteiger partial charge in [-0.1, -0.05) is 6.92 Å². The normalized spacial score (nSPS) is 11.3. The summed E-state index contributed by atoms with van der Waals surface area (Å²) in [5.74, 6) is -0.253. The predicted molar refractivity (Wildman–Crippen MR) is 81.3 cm³/mol. The molecule has 4 nitrogen and oxygen atoms in total. The number of rotatable bonds is 7. The first kappa shape index (κ1) is 15.7. The van der Waals surface area contributed by atoms with Gasteiger partial charge < -0.3 is 10.0 Å². The molecular formula is C16H22FN3O. The molecule has 0 saturated heterocycles. The van der Waals surface area contributed by atoms with Crippen molar-refractivity contribution in [2.45, 2.75) is 26.4 Å². The lowest BCUT2D eigenvalue weighted by atomic mass is 10.1. The van der Waals surface area contributed by atoms with Crippen molar-refractivity contribution in [3.63, 3.8) is 0 Å². The Hall–Kier alpha value is -1.72. The van der Waals surface area contributed by atoms with Crippen LogP contribution in [0.4, 0.5) is 4.39 Å². The second-order valence-electron chi connectivity index (χ2n) is 5.21. The summed E-state index contributed by atoms with van der Waals surface area (Å²) < 4.78 is 14.9. The van der Waals surface area contributed by atoms with Gasteiger partial charge in [0.15, 0.2) is 0 Å². The van der Waals surface area contributed by atoms with E-state index >= 15 is 0 Å². The molecule has 0 aliphatic heterocycles. The van der Waals surface area contributed by atoms with Crippen molar-refractivity contribution in [2.75, 3.05) is 20.2 Å². The molecule has 0 aliphatic rings. The Balaban J connectivity index is 2.35. The van der Waals surface area contributed by atoms with Crippen LogP contribution in [0, 0.1) is 5.82 Å². The van der Waals surface area contributed by atoms with Gasteiger partial charge in [-0.3, -0.25) is 4.68 Å². The van der Waals surface area contributed by atoms with E-state index in [0.717, 1.165) is 36.3 Å². The molecule has 0 atom stereocenters. The van der Waals surface area contributed by atoms with E-state index in [1.165, 1.54) is 12.1 Å². The van der Waals surface area contributed by atoms with Crippen LogP contribution in [-0.2, 0) is 13.1 Å². The van der Waals surface area contributed by atoms with Crippen LogP contribution in [0.1, 0.15) is 18.9 Å². The highest BCUT2D eigenvalue weighted by Gasteiger charge is 2.14. The number of hydrogen-bond donors (Lipinski definition) is 1. The number of aliphatic hydroxyl groups is 1. The summed E-state index contributed by atoms with van der Waals surface area (Å²) in [7, 11) is 2.07. The maximum Gasteiger partial charge on any atom is 0.123 e. The minimum absolute atomic E-state index is 0.0279. The van der Waals surface area contributed by atoms with Crippen molar-refractivity contribution in [3.8, 4) is 11.3 Å². The number of hydrogen-bond acceptors (Lipinski definition) is 3. The lowest BCUT2D eigenvalue weighted by Gasteiger charge is -2.16. The summed E-state index contributed by atoms with van der Waals surface area (Å²) in [4.78, 5) is 2.23. The smallest absolute Gasteiger partial charge is 0.123 e. The van der Waals surface area contributed by atoms with E-state index in [9.17, 15) is 9.50 Å². The second kappa shape index (κ2) is 7.33. The van der Waals surface area contributed by atoms with E-state index in [1.54, 1.807) is 16.8 Å². The predicted octanol–water partition coefficient (Wildman–Crippen LogP) is 2.52. The molecule has 21 heavy (non-hydrogen) atoms. The van der Waals surface area contributed by atoms with Gasteiger partial charge in [0.1, 0.15) is 5.82 Å². The summed E-state index contributed by atoms with van der Waals surface area (Å²) in [6.45, 7) is 4.40. The molecule has 5 heteroatoms. The van der Waals surface area contributed by atoms with Crippen LogP contribution in [-0.4, -0.2) is 40.0 Å². The Morgan fingerprint density at radius 2 is 2.00 bits per heavy atom. The van der Waals surface area contributed by atoms with Crippen molar-refractivity contribution >= 4 is 0 Å². The zero-order chi connectivity index (χ0) is 15.2. The van der Waals surface area contributed by atoms with E-state index in [2.05, 4.69) is 24.0 Å². The van der Waals surface area contributed by atoms with Gasteiger partial charge in [0.2, 0.25) is 0 Å². The SMILES string of the molecule is CCCN(C)Cc1cnn(CCO)c1-c1ccc(F)cc1. The van der Waals surface area contributed by atoms with Gasteiger partial charge in [-0.15, -0.1) is 0 Å².